The molecule has 0 bridgehead atoms. The van der Waals surface area contributed by atoms with Crippen LogP contribution in [0.3, 0.4) is 0 Å². The minimum atomic E-state index is -0.244. The zero-order chi connectivity index (χ0) is 21.6. The van der Waals surface area contributed by atoms with Crippen LogP contribution in [0.2, 0.25) is 0 Å². The second-order valence-corrected chi connectivity index (χ2v) is 9.47. The van der Waals surface area contributed by atoms with Crippen LogP contribution in [0.25, 0.3) is 10.6 Å². The lowest BCUT2D eigenvalue weighted by molar-refractivity contribution is 0.210. The van der Waals surface area contributed by atoms with Crippen molar-refractivity contribution in [1.82, 2.24) is 19.7 Å². The Morgan fingerprint density at radius 1 is 1.16 bits per heavy atom. The number of rotatable bonds is 9. The summed E-state index contributed by atoms with van der Waals surface area (Å²) in [6.45, 7) is 6.48. The van der Waals surface area contributed by atoms with Gasteiger partial charge in [-0.05, 0) is 31.2 Å². The molecule has 31 heavy (non-hydrogen) atoms. The van der Waals surface area contributed by atoms with Gasteiger partial charge in [0.1, 0.15) is 10.8 Å². The second kappa shape index (κ2) is 10.3. The van der Waals surface area contributed by atoms with Crippen molar-refractivity contribution in [3.63, 3.8) is 0 Å². The highest BCUT2D eigenvalue weighted by molar-refractivity contribution is 9.10. The van der Waals surface area contributed by atoms with E-state index in [2.05, 4.69) is 50.2 Å². The van der Waals surface area contributed by atoms with Crippen LogP contribution in [0.15, 0.2) is 82.3 Å². The molecule has 0 aliphatic heterocycles. The zero-order valence-corrected chi connectivity index (χ0v) is 20.2. The van der Waals surface area contributed by atoms with Gasteiger partial charge >= 0.3 is 0 Å². The molecule has 0 amide bonds. The average Bonchev–Trinajstić information content (AvgIpc) is 3.42. The van der Waals surface area contributed by atoms with Gasteiger partial charge in [-0.1, -0.05) is 64.1 Å². The van der Waals surface area contributed by atoms with Gasteiger partial charge in [0.2, 0.25) is 0 Å². The van der Waals surface area contributed by atoms with E-state index in [4.69, 9.17) is 9.72 Å². The Bertz CT molecular complexity index is 1140. The lowest BCUT2D eigenvalue weighted by Gasteiger charge is -2.15. The number of ether oxygens (including phenoxy) is 1. The number of benzene rings is 2. The van der Waals surface area contributed by atoms with Gasteiger partial charge in [-0.25, -0.2) is 4.98 Å². The maximum Gasteiger partial charge on any atom is 0.192 e. The van der Waals surface area contributed by atoms with E-state index in [0.29, 0.717) is 6.54 Å². The monoisotopic (exact) mass is 512 g/mol. The van der Waals surface area contributed by atoms with Crippen molar-refractivity contribution in [2.45, 2.75) is 30.5 Å². The Morgan fingerprint density at radius 3 is 2.68 bits per heavy atom. The molecule has 158 valence electrons. The molecule has 2 heterocycles. The van der Waals surface area contributed by atoms with Crippen molar-refractivity contribution in [2.24, 2.45) is 0 Å². The van der Waals surface area contributed by atoms with E-state index in [1.807, 2.05) is 60.0 Å². The number of allylic oxidation sites excluding steroid dienone is 1. The van der Waals surface area contributed by atoms with Crippen LogP contribution < -0.4 is 4.74 Å². The molecule has 4 rings (SSSR count). The molecule has 0 saturated carbocycles. The molecule has 0 aliphatic rings. The van der Waals surface area contributed by atoms with Crippen LogP contribution in [0.4, 0.5) is 0 Å². The van der Waals surface area contributed by atoms with E-state index in [1.165, 1.54) is 0 Å². The maximum atomic E-state index is 6.07. The van der Waals surface area contributed by atoms with Gasteiger partial charge in [0.05, 0.1) is 5.69 Å². The van der Waals surface area contributed by atoms with Crippen LogP contribution >= 0.6 is 39.0 Å². The first kappa shape index (κ1) is 21.8. The standard InChI is InChI=1S/C23H21BrN4OS2/c1-3-13-28-21(16(2)29-20-11-9-18(24)10-12-20)26-27-23(28)31-15-19-14-30-22(25-19)17-7-5-4-6-8-17/h3-12,14,16H,1,13,15H2,2H3. The van der Waals surface area contributed by atoms with E-state index < -0.39 is 0 Å². The maximum absolute atomic E-state index is 6.07. The first-order valence-corrected chi connectivity index (χ1v) is 12.4. The average molecular weight is 513 g/mol. The number of thiazole rings is 1. The fourth-order valence-electron chi connectivity index (χ4n) is 3.00. The fraction of sp³-hybridized carbons (Fsp3) is 0.174. The number of thioether (sulfide) groups is 1. The van der Waals surface area contributed by atoms with Crippen LogP contribution in [0, 0.1) is 0 Å². The Hall–Kier alpha value is -2.42. The molecular weight excluding hydrogens is 492 g/mol. The van der Waals surface area contributed by atoms with E-state index in [9.17, 15) is 0 Å². The van der Waals surface area contributed by atoms with E-state index >= 15 is 0 Å². The van der Waals surface area contributed by atoms with Crippen molar-refractivity contribution < 1.29 is 4.74 Å². The molecule has 2 aromatic carbocycles. The van der Waals surface area contributed by atoms with Crippen LogP contribution in [0.1, 0.15) is 24.5 Å². The normalized spacial score (nSPS) is 11.9. The van der Waals surface area contributed by atoms with E-state index in [0.717, 1.165) is 43.2 Å². The summed E-state index contributed by atoms with van der Waals surface area (Å²) in [5.41, 5.74) is 2.17. The van der Waals surface area contributed by atoms with Crippen molar-refractivity contribution in [3.8, 4) is 16.3 Å². The summed E-state index contributed by atoms with van der Waals surface area (Å²) in [4.78, 5) is 4.77. The van der Waals surface area contributed by atoms with Crippen molar-refractivity contribution >= 4 is 39.0 Å². The highest BCUT2D eigenvalue weighted by Crippen LogP contribution is 2.29. The van der Waals surface area contributed by atoms with Gasteiger partial charge in [0.15, 0.2) is 17.1 Å². The quantitative estimate of drug-likeness (QED) is 0.182. The largest absolute Gasteiger partial charge is 0.483 e. The third-order valence-electron chi connectivity index (χ3n) is 4.47. The fourth-order valence-corrected chi connectivity index (χ4v) is 5.05. The van der Waals surface area contributed by atoms with E-state index in [1.54, 1.807) is 23.1 Å². The summed E-state index contributed by atoms with van der Waals surface area (Å²) in [5.74, 6) is 2.28. The van der Waals surface area contributed by atoms with Crippen molar-refractivity contribution in [1.29, 1.82) is 0 Å². The lowest BCUT2D eigenvalue weighted by atomic mass is 10.2. The Morgan fingerprint density at radius 2 is 1.94 bits per heavy atom. The van der Waals surface area contributed by atoms with Gasteiger partial charge in [0.25, 0.3) is 0 Å². The molecule has 0 radical (unpaired) electrons. The lowest BCUT2D eigenvalue weighted by Crippen LogP contribution is -2.12. The minimum absolute atomic E-state index is 0.244. The third kappa shape index (κ3) is 5.44. The summed E-state index contributed by atoms with van der Waals surface area (Å²) >= 11 is 6.72. The van der Waals surface area contributed by atoms with Gasteiger partial charge in [-0.3, -0.25) is 4.57 Å². The summed E-state index contributed by atoms with van der Waals surface area (Å²) in [6.07, 6.45) is 1.60. The SMILES string of the molecule is C=CCn1c(SCc2csc(-c3ccccc3)n2)nnc1C(C)Oc1ccc(Br)cc1. The number of nitrogens with zero attached hydrogens (tertiary/aromatic N) is 4. The van der Waals surface area contributed by atoms with Gasteiger partial charge in [-0.2, -0.15) is 0 Å². The Kier molecular flexibility index (Phi) is 7.21. The van der Waals surface area contributed by atoms with E-state index in [-0.39, 0.29) is 6.10 Å². The van der Waals surface area contributed by atoms with Gasteiger partial charge in [-0.15, -0.1) is 28.1 Å². The van der Waals surface area contributed by atoms with Gasteiger partial charge < -0.3 is 4.74 Å². The minimum Gasteiger partial charge on any atom is -0.483 e. The molecule has 2 aromatic heterocycles. The molecule has 8 heteroatoms. The second-order valence-electron chi connectivity index (χ2n) is 6.75. The van der Waals surface area contributed by atoms with Crippen molar-refractivity contribution in [3.05, 3.63) is 88.6 Å². The first-order chi connectivity index (χ1) is 15.1. The first-order valence-electron chi connectivity index (χ1n) is 9.73. The van der Waals surface area contributed by atoms with Crippen LogP contribution in [-0.4, -0.2) is 19.7 Å². The molecule has 0 saturated heterocycles. The topological polar surface area (TPSA) is 52.8 Å². The number of hydrogen-bond donors (Lipinski definition) is 0. The highest BCUT2D eigenvalue weighted by atomic mass is 79.9. The van der Waals surface area contributed by atoms with Crippen LogP contribution in [0.5, 0.6) is 5.75 Å². The Balaban J connectivity index is 1.46. The number of halogens is 1. The number of aromatic nitrogens is 4. The molecule has 5 nitrogen and oxygen atoms in total. The molecule has 0 aliphatic carbocycles. The smallest absolute Gasteiger partial charge is 0.192 e. The zero-order valence-electron chi connectivity index (χ0n) is 16.9. The molecule has 4 aromatic rings. The molecular formula is C23H21BrN4OS2. The molecule has 0 N–H and O–H groups in total. The summed E-state index contributed by atoms with van der Waals surface area (Å²) in [6, 6.07) is 18.0. The van der Waals surface area contributed by atoms with Crippen molar-refractivity contribution in [2.75, 3.05) is 0 Å². The molecule has 0 fully saturated rings. The molecule has 0 spiro atoms. The third-order valence-corrected chi connectivity index (χ3v) is 6.94. The summed E-state index contributed by atoms with van der Waals surface area (Å²) < 4.78 is 9.13. The summed E-state index contributed by atoms with van der Waals surface area (Å²) in [7, 11) is 0. The predicted molar refractivity (Wildman–Crippen MR) is 131 cm³/mol. The van der Waals surface area contributed by atoms with Gasteiger partial charge in [0, 0.05) is 27.7 Å². The highest BCUT2D eigenvalue weighted by Gasteiger charge is 2.19. The Labute approximate surface area is 198 Å². The molecule has 1 atom stereocenters. The number of hydrogen-bond acceptors (Lipinski definition) is 6. The summed E-state index contributed by atoms with van der Waals surface area (Å²) in [5, 5.41) is 12.8. The van der Waals surface area contributed by atoms with Crippen LogP contribution in [-0.2, 0) is 12.3 Å². The molecule has 1 unspecified atom stereocenters. The predicted octanol–water partition coefficient (Wildman–Crippen LogP) is 6.78.